The maximum absolute atomic E-state index is 13.1. The van der Waals surface area contributed by atoms with Gasteiger partial charge in [0.15, 0.2) is 5.17 Å². The topological polar surface area (TPSA) is 54.4 Å². The highest BCUT2D eigenvalue weighted by Gasteiger charge is 2.28. The lowest BCUT2D eigenvalue weighted by Gasteiger charge is -2.36. The Bertz CT molecular complexity index is 999. The Morgan fingerprint density at radius 3 is 2.37 bits per heavy atom. The molecule has 30 heavy (non-hydrogen) atoms. The number of piperazine rings is 1. The van der Waals surface area contributed by atoms with Gasteiger partial charge in [-0.1, -0.05) is 0 Å². The molecular weight excluding hydrogens is 405 g/mol. The van der Waals surface area contributed by atoms with Crippen molar-refractivity contribution in [3.8, 4) is 11.5 Å². The molecule has 0 radical (unpaired) electrons. The van der Waals surface area contributed by atoms with E-state index >= 15 is 0 Å². The van der Waals surface area contributed by atoms with Crippen molar-refractivity contribution in [1.82, 2.24) is 4.90 Å². The summed E-state index contributed by atoms with van der Waals surface area (Å²) < 4.78 is 23.8. The van der Waals surface area contributed by atoms with E-state index in [1.54, 1.807) is 32.4 Å². The molecule has 0 spiro atoms. The van der Waals surface area contributed by atoms with Crippen molar-refractivity contribution in [2.75, 3.05) is 45.3 Å². The number of ether oxygens (including phenoxy) is 2. The molecule has 0 bridgehead atoms. The van der Waals surface area contributed by atoms with Crippen molar-refractivity contribution in [2.24, 2.45) is 4.99 Å². The molecule has 2 aromatic rings. The molecule has 6 nitrogen and oxygen atoms in total. The van der Waals surface area contributed by atoms with Crippen LogP contribution < -0.4 is 14.4 Å². The summed E-state index contributed by atoms with van der Waals surface area (Å²) in [6.07, 6.45) is 1.79. The van der Waals surface area contributed by atoms with E-state index in [9.17, 15) is 9.18 Å². The molecule has 2 aromatic carbocycles. The highest BCUT2D eigenvalue weighted by molar-refractivity contribution is 8.18. The third kappa shape index (κ3) is 4.28. The summed E-state index contributed by atoms with van der Waals surface area (Å²) in [5.74, 6) is 0.870. The lowest BCUT2D eigenvalue weighted by Crippen LogP contribution is -2.47. The lowest BCUT2D eigenvalue weighted by molar-refractivity contribution is -0.113. The van der Waals surface area contributed by atoms with Gasteiger partial charge in [-0.25, -0.2) is 4.39 Å². The fourth-order valence-corrected chi connectivity index (χ4v) is 4.39. The molecule has 1 fully saturated rings. The Labute approximate surface area is 179 Å². The molecule has 0 aromatic heterocycles. The van der Waals surface area contributed by atoms with E-state index in [-0.39, 0.29) is 11.7 Å². The number of benzene rings is 2. The van der Waals surface area contributed by atoms with Crippen LogP contribution >= 0.6 is 11.8 Å². The Morgan fingerprint density at radius 2 is 1.70 bits per heavy atom. The molecule has 156 valence electrons. The number of hydrogen-bond donors (Lipinski definition) is 0. The summed E-state index contributed by atoms with van der Waals surface area (Å²) in [6, 6.07) is 12.0. The lowest BCUT2D eigenvalue weighted by atomic mass is 10.1. The van der Waals surface area contributed by atoms with E-state index in [0.717, 1.165) is 37.4 Å². The molecular formula is C22H22FN3O3S. The molecule has 2 heterocycles. The van der Waals surface area contributed by atoms with Gasteiger partial charge >= 0.3 is 0 Å². The van der Waals surface area contributed by atoms with Gasteiger partial charge in [0, 0.05) is 37.4 Å². The molecule has 4 rings (SSSR count). The SMILES string of the molecule is COc1ccc(OC)c(/C=C2\SC(N3CCN(c4ccc(F)cc4)CC3)=NC2=O)c1. The van der Waals surface area contributed by atoms with E-state index in [2.05, 4.69) is 14.8 Å². The number of aliphatic imine (C=N–C) groups is 1. The molecule has 1 amide bonds. The second-order valence-corrected chi connectivity index (χ2v) is 7.88. The number of amidine groups is 1. The number of anilines is 1. The van der Waals surface area contributed by atoms with Crippen molar-refractivity contribution in [1.29, 1.82) is 0 Å². The first-order chi connectivity index (χ1) is 14.6. The summed E-state index contributed by atoms with van der Waals surface area (Å²) in [6.45, 7) is 3.04. The minimum Gasteiger partial charge on any atom is -0.497 e. The quantitative estimate of drug-likeness (QED) is 0.695. The molecule has 0 saturated carbocycles. The summed E-state index contributed by atoms with van der Waals surface area (Å²) in [5, 5.41) is 0.715. The Kier molecular flexibility index (Phi) is 5.94. The predicted molar refractivity (Wildman–Crippen MR) is 118 cm³/mol. The first kappa shape index (κ1) is 20.3. The fourth-order valence-electron chi connectivity index (χ4n) is 3.43. The number of carbonyl (C=O) groups excluding carboxylic acids is 1. The molecule has 0 unspecified atom stereocenters. The highest BCUT2D eigenvalue weighted by Crippen LogP contribution is 2.34. The number of amides is 1. The van der Waals surface area contributed by atoms with Crippen LogP contribution in [0, 0.1) is 5.82 Å². The van der Waals surface area contributed by atoms with Crippen molar-refractivity contribution in [3.05, 3.63) is 58.8 Å². The van der Waals surface area contributed by atoms with Crippen LogP contribution in [0.15, 0.2) is 52.4 Å². The maximum Gasteiger partial charge on any atom is 0.286 e. The summed E-state index contributed by atoms with van der Waals surface area (Å²) in [5.41, 5.74) is 1.77. The Balaban J connectivity index is 1.43. The largest absolute Gasteiger partial charge is 0.497 e. The minimum absolute atomic E-state index is 0.236. The third-order valence-electron chi connectivity index (χ3n) is 5.07. The first-order valence-corrected chi connectivity index (χ1v) is 10.4. The first-order valence-electron chi connectivity index (χ1n) is 9.57. The van der Waals surface area contributed by atoms with Gasteiger partial charge in [0.05, 0.1) is 19.1 Å². The second-order valence-electron chi connectivity index (χ2n) is 6.87. The third-order valence-corrected chi connectivity index (χ3v) is 6.12. The Morgan fingerprint density at radius 1 is 1.00 bits per heavy atom. The van der Waals surface area contributed by atoms with Crippen LogP contribution in [-0.4, -0.2) is 56.4 Å². The van der Waals surface area contributed by atoms with Crippen molar-refractivity contribution in [2.45, 2.75) is 0 Å². The highest BCUT2D eigenvalue weighted by atomic mass is 32.2. The maximum atomic E-state index is 13.1. The van der Waals surface area contributed by atoms with Crippen LogP contribution in [0.4, 0.5) is 10.1 Å². The molecule has 0 N–H and O–H groups in total. The second kappa shape index (κ2) is 8.79. The van der Waals surface area contributed by atoms with Crippen molar-refractivity contribution < 1.29 is 18.7 Å². The van der Waals surface area contributed by atoms with Gasteiger partial charge in [0.1, 0.15) is 17.3 Å². The van der Waals surface area contributed by atoms with Gasteiger partial charge in [0.25, 0.3) is 5.91 Å². The number of rotatable bonds is 4. The van der Waals surface area contributed by atoms with Gasteiger partial charge in [0.2, 0.25) is 0 Å². The van der Waals surface area contributed by atoms with E-state index < -0.39 is 0 Å². The zero-order valence-electron chi connectivity index (χ0n) is 16.8. The number of carbonyl (C=O) groups is 1. The number of thioether (sulfide) groups is 1. The predicted octanol–water partition coefficient (Wildman–Crippen LogP) is 3.64. The summed E-state index contributed by atoms with van der Waals surface area (Å²) in [4.78, 5) is 21.6. The molecule has 2 aliphatic rings. The van der Waals surface area contributed by atoms with Crippen LogP contribution in [-0.2, 0) is 4.79 Å². The minimum atomic E-state index is -0.249. The number of nitrogens with zero attached hydrogens (tertiary/aromatic N) is 3. The van der Waals surface area contributed by atoms with Gasteiger partial charge in [-0.3, -0.25) is 4.79 Å². The normalized spacial score (nSPS) is 18.0. The standard InChI is InChI=1S/C22H22FN3O3S/c1-28-18-7-8-19(29-2)15(13-18)14-20-21(27)24-22(30-20)26-11-9-25(10-12-26)17-5-3-16(23)4-6-17/h3-8,13-14H,9-12H2,1-2H3/b20-14-. The van der Waals surface area contributed by atoms with Crippen LogP contribution in [0.25, 0.3) is 6.08 Å². The molecule has 2 aliphatic heterocycles. The smallest absolute Gasteiger partial charge is 0.286 e. The zero-order valence-corrected chi connectivity index (χ0v) is 17.6. The molecule has 1 saturated heterocycles. The Hall–Kier alpha value is -3.00. The van der Waals surface area contributed by atoms with Gasteiger partial charge in [-0.2, -0.15) is 4.99 Å². The van der Waals surface area contributed by atoms with Gasteiger partial charge in [-0.05, 0) is 60.3 Å². The number of halogens is 1. The van der Waals surface area contributed by atoms with E-state index in [1.807, 2.05) is 18.2 Å². The van der Waals surface area contributed by atoms with Gasteiger partial charge in [-0.15, -0.1) is 0 Å². The van der Waals surface area contributed by atoms with Gasteiger partial charge < -0.3 is 19.3 Å². The molecule has 0 aliphatic carbocycles. The van der Waals surface area contributed by atoms with Crippen LogP contribution in [0.2, 0.25) is 0 Å². The average molecular weight is 428 g/mol. The fraction of sp³-hybridized carbons (Fsp3) is 0.273. The van der Waals surface area contributed by atoms with Crippen molar-refractivity contribution >= 4 is 34.6 Å². The van der Waals surface area contributed by atoms with Crippen LogP contribution in [0.1, 0.15) is 5.56 Å². The van der Waals surface area contributed by atoms with E-state index in [0.29, 0.717) is 21.6 Å². The van der Waals surface area contributed by atoms with Crippen molar-refractivity contribution in [3.63, 3.8) is 0 Å². The van der Waals surface area contributed by atoms with E-state index in [4.69, 9.17) is 9.47 Å². The summed E-state index contributed by atoms with van der Waals surface area (Å²) in [7, 11) is 3.19. The summed E-state index contributed by atoms with van der Waals surface area (Å²) >= 11 is 1.37. The monoisotopic (exact) mass is 427 g/mol. The number of hydrogen-bond acceptors (Lipinski definition) is 6. The van der Waals surface area contributed by atoms with Crippen LogP contribution in [0.5, 0.6) is 11.5 Å². The molecule has 0 atom stereocenters. The zero-order chi connectivity index (χ0) is 21.1. The average Bonchev–Trinajstić information content (AvgIpc) is 3.14. The van der Waals surface area contributed by atoms with Crippen LogP contribution in [0.3, 0.4) is 0 Å². The number of methoxy groups -OCH3 is 2. The molecule has 8 heteroatoms. The van der Waals surface area contributed by atoms with E-state index in [1.165, 1.54) is 23.9 Å².